The fourth-order valence-corrected chi connectivity index (χ4v) is 8.40. The Labute approximate surface area is 501 Å². The van der Waals surface area contributed by atoms with E-state index in [-0.39, 0.29) is 25.9 Å². The zero-order valence-electron chi connectivity index (χ0n) is 51.1. The average Bonchev–Trinajstić information content (AvgIpc) is 3.59. The Balaban J connectivity index is 2.76. The number of rotatable bonds is 51. The lowest BCUT2D eigenvalue weighted by Crippen LogP contribution is -2.61. The summed E-state index contributed by atoms with van der Waals surface area (Å²) in [6, 6.07) is 0. The zero-order valence-corrected chi connectivity index (χ0v) is 51.1. The molecule has 12 nitrogen and oxygen atoms in total. The number of aliphatic hydroxyl groups is 2. The van der Waals surface area contributed by atoms with E-state index in [1.807, 2.05) is 12.2 Å². The third-order valence-electron chi connectivity index (χ3n) is 13.1. The van der Waals surface area contributed by atoms with E-state index in [2.05, 4.69) is 167 Å². The molecule has 0 radical (unpaired) electrons. The second kappa shape index (κ2) is 56.8. The van der Waals surface area contributed by atoms with E-state index in [9.17, 15) is 34.5 Å². The number of carbonyl (C=O) groups excluding carboxylic acids is 3. The van der Waals surface area contributed by atoms with Crippen LogP contribution in [0, 0.1) is 0 Å². The molecule has 6 atom stereocenters. The second-order valence-electron chi connectivity index (χ2n) is 20.5. The predicted molar refractivity (Wildman–Crippen MR) is 339 cm³/mol. The number of hydrogen-bond donors (Lipinski definition) is 3. The average molecular weight is 1150 g/mol. The van der Waals surface area contributed by atoms with Crippen LogP contribution in [0.3, 0.4) is 0 Å². The van der Waals surface area contributed by atoms with Crippen LogP contribution in [0.2, 0.25) is 0 Å². The van der Waals surface area contributed by atoms with Crippen molar-refractivity contribution in [3.05, 3.63) is 158 Å². The lowest BCUT2D eigenvalue weighted by molar-refractivity contribution is -0.301. The first kappa shape index (κ1) is 75.4. The van der Waals surface area contributed by atoms with Crippen molar-refractivity contribution in [2.75, 3.05) is 13.2 Å². The molecule has 0 aromatic rings. The number of carbonyl (C=O) groups is 4. The summed E-state index contributed by atoms with van der Waals surface area (Å²) in [6.45, 7) is 5.57. The fourth-order valence-electron chi connectivity index (χ4n) is 8.40. The number of aliphatic hydroxyl groups excluding tert-OH is 2. The van der Waals surface area contributed by atoms with Crippen LogP contribution in [0.5, 0.6) is 0 Å². The SMILES string of the molecule is CC/C=C\C/C=C\C/C=C\C/C=C\C/C=C\C/C=C\CCC(=O)OCC(COC1OC(C(=O)O)C(O)C(O)C1OC(=O)CCCCCC/C=C\C/C=C\C/C=C\C/C=C\CC)OC(=O)CCCCCCCCC/C=C\C/C=C\C/C=C\CC. The number of esters is 3. The first-order valence-electron chi connectivity index (χ1n) is 31.5. The molecule has 1 rings (SSSR count). The Morgan fingerprint density at radius 1 is 0.398 bits per heavy atom. The Morgan fingerprint density at radius 2 is 0.747 bits per heavy atom. The summed E-state index contributed by atoms with van der Waals surface area (Å²) in [4.78, 5) is 51.3. The molecule has 0 bridgehead atoms. The molecule has 1 fully saturated rings. The molecule has 464 valence electrons. The summed E-state index contributed by atoms with van der Waals surface area (Å²) in [5, 5.41) is 31.6. The smallest absolute Gasteiger partial charge is 0.335 e. The number of ether oxygens (including phenoxy) is 5. The molecule has 1 saturated heterocycles. The van der Waals surface area contributed by atoms with Gasteiger partial charge in [-0.2, -0.15) is 0 Å². The van der Waals surface area contributed by atoms with Crippen LogP contribution in [0.25, 0.3) is 0 Å². The van der Waals surface area contributed by atoms with Crippen LogP contribution in [-0.4, -0.2) is 89.2 Å². The molecule has 0 aliphatic carbocycles. The molecule has 0 aromatic carbocycles. The van der Waals surface area contributed by atoms with Crippen LogP contribution < -0.4 is 0 Å². The van der Waals surface area contributed by atoms with Crippen molar-refractivity contribution >= 4 is 23.9 Å². The van der Waals surface area contributed by atoms with Gasteiger partial charge in [0.1, 0.15) is 18.8 Å². The van der Waals surface area contributed by atoms with E-state index in [0.717, 1.165) is 148 Å². The van der Waals surface area contributed by atoms with Crippen molar-refractivity contribution in [2.24, 2.45) is 0 Å². The predicted octanol–water partition coefficient (Wildman–Crippen LogP) is 16.9. The number of unbranched alkanes of at least 4 members (excludes halogenated alkanes) is 11. The van der Waals surface area contributed by atoms with Gasteiger partial charge in [-0.15, -0.1) is 0 Å². The Hall–Kier alpha value is -5.66. The highest BCUT2D eigenvalue weighted by molar-refractivity contribution is 5.74. The summed E-state index contributed by atoms with van der Waals surface area (Å²) in [5.41, 5.74) is 0. The molecule has 0 aromatic heterocycles. The summed E-state index contributed by atoms with van der Waals surface area (Å²) in [6.07, 6.45) is 70.7. The third-order valence-corrected chi connectivity index (χ3v) is 13.1. The molecular formula is C71H108O12. The first-order valence-corrected chi connectivity index (χ1v) is 31.5. The van der Waals surface area contributed by atoms with Gasteiger partial charge in [-0.3, -0.25) is 14.4 Å². The number of carboxylic acid groups (broad SMARTS) is 1. The lowest BCUT2D eigenvalue weighted by Gasteiger charge is -2.40. The van der Waals surface area contributed by atoms with Gasteiger partial charge >= 0.3 is 23.9 Å². The summed E-state index contributed by atoms with van der Waals surface area (Å²) >= 11 is 0. The van der Waals surface area contributed by atoms with E-state index in [1.54, 1.807) is 0 Å². The van der Waals surface area contributed by atoms with Gasteiger partial charge in [-0.25, -0.2) is 4.79 Å². The van der Waals surface area contributed by atoms with Crippen LogP contribution in [0.4, 0.5) is 0 Å². The topological polar surface area (TPSA) is 175 Å². The van der Waals surface area contributed by atoms with Crippen LogP contribution >= 0.6 is 0 Å². The molecule has 0 saturated carbocycles. The van der Waals surface area contributed by atoms with E-state index >= 15 is 0 Å². The Kier molecular flexibility index (Phi) is 51.6. The Morgan fingerprint density at radius 3 is 1.14 bits per heavy atom. The highest BCUT2D eigenvalue weighted by atomic mass is 16.7. The minimum atomic E-state index is -1.93. The third kappa shape index (κ3) is 46.4. The number of hydrogen-bond acceptors (Lipinski definition) is 11. The van der Waals surface area contributed by atoms with E-state index in [1.165, 1.54) is 0 Å². The minimum Gasteiger partial charge on any atom is -0.479 e. The molecule has 6 unspecified atom stereocenters. The van der Waals surface area contributed by atoms with E-state index < -0.39 is 67.3 Å². The maximum atomic E-state index is 13.2. The standard InChI is InChI=1S/C71H108O12/c1-4-7-10-13-16-19-22-25-28-31-32-35-36-39-42-45-48-51-54-57-63(72)79-60-62(81-64(73)58-55-52-49-46-43-40-37-33-29-26-23-20-17-14-11-8-5-2)61-80-71-69(67(76)66(75)68(83-71)70(77)78)82-65(74)59-56-53-50-47-44-41-38-34-30-27-24-21-18-15-12-9-6-3/h7-12,16-21,25-30,32,35,38-39,41-42,48,51,62,66-69,71,75-76H,4-6,13-15,22-24,31,33-34,36-37,40,43-47,49-50,52-61H2,1-3H3,(H,77,78)/b10-7-,11-8-,12-9-,19-16-,20-17-,21-18-,28-25-,29-26-,30-27-,35-32-,41-38-,42-39-,51-48-. The molecule has 3 N–H and O–H groups in total. The molecule has 1 heterocycles. The number of allylic oxidation sites excluding steroid dienone is 26. The van der Waals surface area contributed by atoms with Gasteiger partial charge in [0.2, 0.25) is 0 Å². The van der Waals surface area contributed by atoms with Crippen LogP contribution in [0.15, 0.2) is 158 Å². The highest BCUT2D eigenvalue weighted by Gasteiger charge is 2.50. The van der Waals surface area contributed by atoms with Crippen LogP contribution in [-0.2, 0) is 42.9 Å². The second-order valence-corrected chi connectivity index (χ2v) is 20.5. The van der Waals surface area contributed by atoms with Gasteiger partial charge in [-0.05, 0) is 128 Å². The first-order chi connectivity index (χ1) is 40.6. The molecule has 12 heteroatoms. The van der Waals surface area contributed by atoms with Crippen molar-refractivity contribution in [1.82, 2.24) is 0 Å². The monoisotopic (exact) mass is 1150 g/mol. The molecule has 83 heavy (non-hydrogen) atoms. The molecule has 1 aliphatic rings. The van der Waals surface area contributed by atoms with Gasteiger partial charge in [0.15, 0.2) is 24.6 Å². The maximum Gasteiger partial charge on any atom is 0.335 e. The van der Waals surface area contributed by atoms with Gasteiger partial charge in [0.05, 0.1) is 6.61 Å². The molecule has 0 spiro atoms. The lowest BCUT2D eigenvalue weighted by atomic mass is 9.98. The van der Waals surface area contributed by atoms with Crippen molar-refractivity contribution in [2.45, 2.75) is 250 Å². The highest BCUT2D eigenvalue weighted by Crippen LogP contribution is 2.26. The van der Waals surface area contributed by atoms with Crippen LogP contribution in [0.1, 0.15) is 213 Å². The summed E-state index contributed by atoms with van der Waals surface area (Å²) in [5.74, 6) is -3.30. The number of carboxylic acids is 1. The number of aliphatic carboxylic acids is 1. The fraction of sp³-hybridized carbons (Fsp3) is 0.577. The van der Waals surface area contributed by atoms with Gasteiger partial charge < -0.3 is 39.0 Å². The maximum absolute atomic E-state index is 13.2. The minimum absolute atomic E-state index is 0.0147. The van der Waals surface area contributed by atoms with Crippen molar-refractivity contribution in [3.8, 4) is 0 Å². The Bertz CT molecular complexity index is 2050. The quantitative estimate of drug-likeness (QED) is 0.0228. The normalized spacial score (nSPS) is 18.7. The van der Waals surface area contributed by atoms with Crippen molar-refractivity contribution in [3.63, 3.8) is 0 Å². The molecule has 1 aliphatic heterocycles. The molecule has 0 amide bonds. The summed E-state index contributed by atoms with van der Waals surface area (Å²) in [7, 11) is 0. The largest absolute Gasteiger partial charge is 0.479 e. The van der Waals surface area contributed by atoms with Gasteiger partial charge in [0.25, 0.3) is 0 Å². The van der Waals surface area contributed by atoms with Gasteiger partial charge in [-0.1, -0.05) is 224 Å². The van der Waals surface area contributed by atoms with Crippen molar-refractivity contribution in [1.29, 1.82) is 0 Å². The van der Waals surface area contributed by atoms with E-state index in [4.69, 9.17) is 23.7 Å². The van der Waals surface area contributed by atoms with E-state index in [0.29, 0.717) is 25.7 Å². The van der Waals surface area contributed by atoms with Crippen molar-refractivity contribution < 1.29 is 58.2 Å². The zero-order chi connectivity index (χ0) is 60.3. The molecular weight excluding hydrogens is 1040 g/mol. The summed E-state index contributed by atoms with van der Waals surface area (Å²) < 4.78 is 28.4. The van der Waals surface area contributed by atoms with Gasteiger partial charge in [0, 0.05) is 19.3 Å².